The molecule has 20 heavy (non-hydrogen) atoms. The molecule has 3 rings (SSSR count). The Balaban J connectivity index is 1.73. The molecule has 1 N–H and O–H groups in total. The molecule has 1 saturated carbocycles. The molecule has 106 valence electrons. The molecule has 0 atom stereocenters. The molecule has 0 unspecified atom stereocenters. The van der Waals surface area contributed by atoms with Crippen molar-refractivity contribution in [3.63, 3.8) is 0 Å². The van der Waals surface area contributed by atoms with Crippen LogP contribution in [0.5, 0.6) is 0 Å². The zero-order valence-corrected chi connectivity index (χ0v) is 12.8. The third kappa shape index (κ3) is 2.78. The van der Waals surface area contributed by atoms with Crippen LogP contribution >= 0.6 is 11.8 Å². The van der Waals surface area contributed by atoms with Crippen LogP contribution in [0.2, 0.25) is 0 Å². The van der Waals surface area contributed by atoms with Gasteiger partial charge >= 0.3 is 0 Å². The van der Waals surface area contributed by atoms with Crippen LogP contribution in [0.1, 0.15) is 48.9 Å². The predicted octanol–water partition coefficient (Wildman–Crippen LogP) is 3.53. The number of thioether (sulfide) groups is 1. The number of nitrogens with one attached hydrogen (secondary N) is 1. The second kappa shape index (κ2) is 6.05. The highest BCUT2D eigenvalue weighted by atomic mass is 32.2. The monoisotopic (exact) mass is 287 g/mol. The Labute approximate surface area is 125 Å². The first-order valence-corrected chi connectivity index (χ1v) is 8.81. The summed E-state index contributed by atoms with van der Waals surface area (Å²) in [5.74, 6) is 0.820. The first kappa shape index (κ1) is 13.8. The van der Waals surface area contributed by atoms with Crippen LogP contribution < -0.4 is 5.32 Å². The van der Waals surface area contributed by atoms with Gasteiger partial charge < -0.3 is 5.32 Å². The fraction of sp³-hybridized carbons (Fsp3) is 0.625. The van der Waals surface area contributed by atoms with Crippen molar-refractivity contribution in [1.82, 2.24) is 4.98 Å². The van der Waals surface area contributed by atoms with Gasteiger partial charge in [0.25, 0.3) is 0 Å². The van der Waals surface area contributed by atoms with Crippen molar-refractivity contribution in [2.24, 2.45) is 0 Å². The lowest BCUT2D eigenvalue weighted by molar-refractivity contribution is 0.472. The molecule has 0 radical (unpaired) electrons. The molecule has 0 amide bonds. The third-order valence-corrected chi connectivity index (χ3v) is 5.66. The lowest BCUT2D eigenvalue weighted by atomic mass is 9.95. The molecule has 0 spiro atoms. The summed E-state index contributed by atoms with van der Waals surface area (Å²) in [5.41, 5.74) is 3.19. The Hall–Kier alpha value is -1.21. The van der Waals surface area contributed by atoms with Gasteiger partial charge in [-0.1, -0.05) is 0 Å². The second-order valence-electron chi connectivity index (χ2n) is 5.81. The largest absolute Gasteiger partial charge is 0.366 e. The van der Waals surface area contributed by atoms with Crippen molar-refractivity contribution in [3.8, 4) is 6.07 Å². The molecule has 1 fully saturated rings. The summed E-state index contributed by atoms with van der Waals surface area (Å²) in [6.07, 6.45) is 10.4. The summed E-state index contributed by atoms with van der Waals surface area (Å²) in [6.45, 7) is 0. The van der Waals surface area contributed by atoms with Crippen molar-refractivity contribution in [1.29, 1.82) is 5.26 Å². The quantitative estimate of drug-likeness (QED) is 0.924. The second-order valence-corrected chi connectivity index (χ2v) is 6.95. The maximum absolute atomic E-state index is 9.33. The van der Waals surface area contributed by atoms with E-state index in [0.717, 1.165) is 29.5 Å². The lowest BCUT2D eigenvalue weighted by Crippen LogP contribution is -2.28. The highest BCUT2D eigenvalue weighted by Gasteiger charge is 2.22. The number of hydrogen-bond acceptors (Lipinski definition) is 4. The van der Waals surface area contributed by atoms with E-state index in [1.165, 1.54) is 43.4 Å². The molecule has 2 aliphatic carbocycles. The molecule has 1 aromatic rings. The highest BCUT2D eigenvalue weighted by Crippen LogP contribution is 2.30. The third-order valence-electron chi connectivity index (χ3n) is 4.52. The molecule has 4 heteroatoms. The topological polar surface area (TPSA) is 48.7 Å². The minimum atomic E-state index is 0.484. The first-order chi connectivity index (χ1) is 9.80. The zero-order chi connectivity index (χ0) is 13.9. The summed E-state index contributed by atoms with van der Waals surface area (Å²) < 4.78 is 0. The van der Waals surface area contributed by atoms with Crippen molar-refractivity contribution in [2.45, 2.75) is 56.2 Å². The number of hydrogen-bond donors (Lipinski definition) is 1. The molecule has 0 saturated heterocycles. The van der Waals surface area contributed by atoms with E-state index >= 15 is 0 Å². The predicted molar refractivity (Wildman–Crippen MR) is 84.2 cm³/mol. The van der Waals surface area contributed by atoms with E-state index in [1.807, 2.05) is 17.8 Å². The molecular formula is C16H21N3S. The van der Waals surface area contributed by atoms with E-state index in [2.05, 4.69) is 17.6 Å². The average Bonchev–Trinajstić information content (AvgIpc) is 2.94. The Morgan fingerprint density at radius 2 is 2.10 bits per heavy atom. The normalized spacial score (nSPS) is 25.0. The summed E-state index contributed by atoms with van der Waals surface area (Å²) in [4.78, 5) is 4.72. The summed E-state index contributed by atoms with van der Waals surface area (Å²) >= 11 is 1.98. The van der Waals surface area contributed by atoms with Gasteiger partial charge in [-0.05, 0) is 62.8 Å². The SMILES string of the molecule is CSC1CCC(Nc2nc3c(cc2C#N)CCC3)CC1. The number of fused-ring (bicyclic) bond motifs is 1. The van der Waals surface area contributed by atoms with Gasteiger partial charge in [0.2, 0.25) is 0 Å². The van der Waals surface area contributed by atoms with Crippen LogP contribution in [0.4, 0.5) is 5.82 Å². The zero-order valence-electron chi connectivity index (χ0n) is 12.0. The van der Waals surface area contributed by atoms with Gasteiger partial charge in [-0.25, -0.2) is 4.98 Å². The minimum absolute atomic E-state index is 0.484. The van der Waals surface area contributed by atoms with Crippen LogP contribution in [-0.4, -0.2) is 22.5 Å². The van der Waals surface area contributed by atoms with Crippen molar-refractivity contribution in [3.05, 3.63) is 22.9 Å². The number of rotatable bonds is 3. The molecule has 0 bridgehead atoms. The van der Waals surface area contributed by atoms with E-state index in [-0.39, 0.29) is 0 Å². The molecule has 3 nitrogen and oxygen atoms in total. The molecule has 2 aliphatic rings. The van der Waals surface area contributed by atoms with Gasteiger partial charge in [0.15, 0.2) is 0 Å². The smallest absolute Gasteiger partial charge is 0.144 e. The molecule has 0 aromatic carbocycles. The molecule has 1 aromatic heterocycles. The Kier molecular flexibility index (Phi) is 4.16. The minimum Gasteiger partial charge on any atom is -0.366 e. The Morgan fingerprint density at radius 1 is 1.30 bits per heavy atom. The van der Waals surface area contributed by atoms with Gasteiger partial charge in [-0.2, -0.15) is 17.0 Å². The summed E-state index contributed by atoms with van der Waals surface area (Å²) in [5, 5.41) is 13.7. The highest BCUT2D eigenvalue weighted by molar-refractivity contribution is 7.99. The van der Waals surface area contributed by atoms with Crippen molar-refractivity contribution < 1.29 is 0 Å². The maximum atomic E-state index is 9.33. The van der Waals surface area contributed by atoms with Crippen LogP contribution in [0.3, 0.4) is 0 Å². The number of aromatic nitrogens is 1. The van der Waals surface area contributed by atoms with E-state index in [1.54, 1.807) is 0 Å². The van der Waals surface area contributed by atoms with Gasteiger partial charge in [-0.3, -0.25) is 0 Å². The molecule has 1 heterocycles. The van der Waals surface area contributed by atoms with Gasteiger partial charge in [0.05, 0.1) is 5.56 Å². The molecular weight excluding hydrogens is 266 g/mol. The van der Waals surface area contributed by atoms with Crippen LogP contribution in [0.25, 0.3) is 0 Å². The number of pyridine rings is 1. The first-order valence-electron chi connectivity index (χ1n) is 7.52. The van der Waals surface area contributed by atoms with E-state index in [9.17, 15) is 5.26 Å². The fourth-order valence-electron chi connectivity index (χ4n) is 3.30. The number of nitriles is 1. The van der Waals surface area contributed by atoms with Crippen molar-refractivity contribution in [2.75, 3.05) is 11.6 Å². The van der Waals surface area contributed by atoms with E-state index in [4.69, 9.17) is 4.98 Å². The average molecular weight is 287 g/mol. The number of aryl methyl sites for hydroxylation is 2. The van der Waals surface area contributed by atoms with Crippen LogP contribution in [0, 0.1) is 11.3 Å². The van der Waals surface area contributed by atoms with Crippen LogP contribution in [0.15, 0.2) is 6.07 Å². The lowest BCUT2D eigenvalue weighted by Gasteiger charge is -2.28. The Morgan fingerprint density at radius 3 is 2.80 bits per heavy atom. The summed E-state index contributed by atoms with van der Waals surface area (Å²) in [7, 11) is 0. The standard InChI is InChI=1S/C16H21N3S/c1-20-14-7-5-13(6-8-14)18-16-12(10-17)9-11-3-2-4-15(11)19-16/h9,13-14H,2-8H2,1H3,(H,18,19). The Bertz CT molecular complexity index is 527. The molecule has 0 aliphatic heterocycles. The fourth-order valence-corrected chi connectivity index (χ4v) is 4.05. The number of nitrogens with zero attached hydrogens (tertiary/aromatic N) is 2. The number of anilines is 1. The van der Waals surface area contributed by atoms with Crippen LogP contribution in [-0.2, 0) is 12.8 Å². The van der Waals surface area contributed by atoms with E-state index in [0.29, 0.717) is 6.04 Å². The summed E-state index contributed by atoms with van der Waals surface area (Å²) in [6, 6.07) is 4.84. The van der Waals surface area contributed by atoms with Gasteiger partial charge in [0.1, 0.15) is 11.9 Å². The van der Waals surface area contributed by atoms with Crippen molar-refractivity contribution >= 4 is 17.6 Å². The van der Waals surface area contributed by atoms with E-state index < -0.39 is 0 Å². The van der Waals surface area contributed by atoms with Gasteiger partial charge in [-0.15, -0.1) is 0 Å². The van der Waals surface area contributed by atoms with Gasteiger partial charge in [0, 0.05) is 17.0 Å². The maximum Gasteiger partial charge on any atom is 0.144 e.